The van der Waals surface area contributed by atoms with Crippen molar-refractivity contribution in [2.24, 2.45) is 35.5 Å². The number of ether oxygens (including phenoxy) is 1. The normalized spacial score (nSPS) is 45.7. The van der Waals surface area contributed by atoms with E-state index >= 15 is 0 Å². The van der Waals surface area contributed by atoms with Crippen LogP contribution in [0.15, 0.2) is 0 Å². The van der Waals surface area contributed by atoms with Gasteiger partial charge in [-0.05, 0) is 68.2 Å². The molecule has 0 amide bonds. The zero-order chi connectivity index (χ0) is 12.0. The van der Waals surface area contributed by atoms with E-state index in [1.54, 1.807) is 6.42 Å². The second kappa shape index (κ2) is 4.55. The Hall–Kier alpha value is -0.0800. The van der Waals surface area contributed by atoms with Crippen LogP contribution in [0.5, 0.6) is 0 Å². The smallest absolute Gasteiger partial charge is 0.0465 e. The summed E-state index contributed by atoms with van der Waals surface area (Å²) >= 11 is 0. The van der Waals surface area contributed by atoms with E-state index in [1.165, 1.54) is 19.3 Å². The van der Waals surface area contributed by atoms with Crippen LogP contribution in [0.1, 0.15) is 32.6 Å². The summed E-state index contributed by atoms with van der Waals surface area (Å²) < 4.78 is 5.23. The van der Waals surface area contributed by atoms with Gasteiger partial charge in [-0.15, -0.1) is 0 Å². The fraction of sp³-hybridized carbons (Fsp3) is 1.00. The molecule has 2 nitrogen and oxygen atoms in total. The maximum Gasteiger partial charge on any atom is 0.0465 e. The van der Waals surface area contributed by atoms with Crippen molar-refractivity contribution in [1.82, 2.24) is 5.32 Å². The first-order chi connectivity index (χ1) is 8.27. The summed E-state index contributed by atoms with van der Waals surface area (Å²) in [7, 11) is 3.97. The highest BCUT2D eigenvalue weighted by molar-refractivity contribution is 5.16. The molecule has 0 radical (unpaired) electrons. The molecule has 0 spiro atoms. The minimum Gasteiger partial charge on any atom is -0.385 e. The molecule has 0 aromatic carbocycles. The molecule has 1 N–H and O–H groups in total. The number of hydrogen-bond donors (Lipinski definition) is 1. The molecule has 3 aliphatic carbocycles. The summed E-state index contributed by atoms with van der Waals surface area (Å²) in [5.41, 5.74) is 0. The Morgan fingerprint density at radius 1 is 1.24 bits per heavy atom. The van der Waals surface area contributed by atoms with E-state index in [9.17, 15) is 0 Å². The van der Waals surface area contributed by atoms with Gasteiger partial charge in [0.15, 0.2) is 0 Å². The van der Waals surface area contributed by atoms with Gasteiger partial charge < -0.3 is 10.1 Å². The molecular weight excluding hydrogens is 210 g/mol. The summed E-state index contributed by atoms with van der Waals surface area (Å²) in [4.78, 5) is 0. The van der Waals surface area contributed by atoms with Crippen molar-refractivity contribution in [2.75, 3.05) is 20.8 Å². The second-order valence-electron chi connectivity index (χ2n) is 6.64. The van der Waals surface area contributed by atoms with E-state index in [2.05, 4.69) is 19.3 Å². The van der Waals surface area contributed by atoms with Gasteiger partial charge in [0.2, 0.25) is 0 Å². The van der Waals surface area contributed by atoms with Crippen molar-refractivity contribution in [3.63, 3.8) is 0 Å². The zero-order valence-corrected chi connectivity index (χ0v) is 11.5. The predicted octanol–water partition coefficient (Wildman–Crippen LogP) is 2.54. The SMILES string of the molecule is CNC(C(C)CCOC)C1C2C3CCC(C3)C21. The van der Waals surface area contributed by atoms with Crippen LogP contribution >= 0.6 is 0 Å². The van der Waals surface area contributed by atoms with Gasteiger partial charge in [0, 0.05) is 19.8 Å². The highest BCUT2D eigenvalue weighted by Crippen LogP contribution is 2.70. The standard InChI is InChI=1S/C15H27NO/c1-9(6-7-17-3)15(16-2)14-12-10-4-5-11(8-10)13(12)14/h9-16H,4-8H2,1-3H3. The molecule has 2 bridgehead atoms. The first-order valence-corrected chi connectivity index (χ1v) is 7.44. The fourth-order valence-corrected chi connectivity index (χ4v) is 5.21. The highest BCUT2D eigenvalue weighted by atomic mass is 16.5. The van der Waals surface area contributed by atoms with Gasteiger partial charge in [0.05, 0.1) is 0 Å². The number of fused-ring (bicyclic) bond motifs is 5. The van der Waals surface area contributed by atoms with E-state index in [4.69, 9.17) is 4.74 Å². The van der Waals surface area contributed by atoms with E-state index < -0.39 is 0 Å². The lowest BCUT2D eigenvalue weighted by Gasteiger charge is -2.26. The van der Waals surface area contributed by atoms with Crippen LogP contribution in [0.3, 0.4) is 0 Å². The summed E-state index contributed by atoms with van der Waals surface area (Å²) in [6.45, 7) is 3.31. The lowest BCUT2D eigenvalue weighted by atomic mass is 9.88. The van der Waals surface area contributed by atoms with Crippen molar-refractivity contribution in [3.05, 3.63) is 0 Å². The average Bonchev–Trinajstić information content (AvgIpc) is 2.76. The Kier molecular flexibility index (Phi) is 3.20. The molecule has 0 aromatic rings. The first-order valence-electron chi connectivity index (χ1n) is 7.44. The Morgan fingerprint density at radius 3 is 2.41 bits per heavy atom. The Labute approximate surface area is 105 Å². The molecule has 0 saturated heterocycles. The first kappa shape index (κ1) is 12.0. The third kappa shape index (κ3) is 1.84. The van der Waals surface area contributed by atoms with Gasteiger partial charge in [-0.1, -0.05) is 6.92 Å². The third-order valence-electron chi connectivity index (χ3n) is 5.93. The maximum absolute atomic E-state index is 5.23. The van der Waals surface area contributed by atoms with E-state index in [0.717, 1.165) is 48.2 Å². The predicted molar refractivity (Wildman–Crippen MR) is 69.8 cm³/mol. The quantitative estimate of drug-likeness (QED) is 0.766. The summed E-state index contributed by atoms with van der Waals surface area (Å²) in [6.07, 6.45) is 5.83. The summed E-state index contributed by atoms with van der Waals surface area (Å²) in [6, 6.07) is 0.739. The van der Waals surface area contributed by atoms with Crippen molar-refractivity contribution in [3.8, 4) is 0 Å². The minimum atomic E-state index is 0.739. The average molecular weight is 237 g/mol. The summed E-state index contributed by atoms with van der Waals surface area (Å²) in [5.74, 6) is 6.14. The van der Waals surface area contributed by atoms with Crippen LogP contribution in [0.25, 0.3) is 0 Å². The molecule has 3 fully saturated rings. The van der Waals surface area contributed by atoms with Gasteiger partial charge in [-0.25, -0.2) is 0 Å². The topological polar surface area (TPSA) is 21.3 Å². The Morgan fingerprint density at radius 2 is 1.88 bits per heavy atom. The van der Waals surface area contributed by atoms with Gasteiger partial charge in [0.1, 0.15) is 0 Å². The molecule has 2 heteroatoms. The maximum atomic E-state index is 5.23. The molecular formula is C15H27NO. The number of rotatable bonds is 6. The van der Waals surface area contributed by atoms with Crippen LogP contribution < -0.4 is 5.32 Å². The molecule has 0 aromatic heterocycles. The number of hydrogen-bond acceptors (Lipinski definition) is 2. The molecule has 0 heterocycles. The highest BCUT2D eigenvalue weighted by Gasteiger charge is 2.66. The van der Waals surface area contributed by atoms with Gasteiger partial charge >= 0.3 is 0 Å². The van der Waals surface area contributed by atoms with Crippen LogP contribution in [0.4, 0.5) is 0 Å². The molecule has 3 saturated carbocycles. The van der Waals surface area contributed by atoms with Crippen LogP contribution in [-0.2, 0) is 4.74 Å². The van der Waals surface area contributed by atoms with Gasteiger partial charge in [-0.3, -0.25) is 0 Å². The molecule has 3 rings (SSSR count). The Bertz CT molecular complexity index is 264. The largest absolute Gasteiger partial charge is 0.385 e. The Balaban J connectivity index is 1.60. The molecule has 0 aliphatic heterocycles. The second-order valence-corrected chi connectivity index (χ2v) is 6.64. The third-order valence-corrected chi connectivity index (χ3v) is 5.93. The van der Waals surface area contributed by atoms with Crippen molar-refractivity contribution < 1.29 is 4.74 Å². The molecule has 17 heavy (non-hydrogen) atoms. The van der Waals surface area contributed by atoms with E-state index in [0.29, 0.717) is 0 Å². The van der Waals surface area contributed by atoms with E-state index in [1.807, 2.05) is 7.11 Å². The van der Waals surface area contributed by atoms with Gasteiger partial charge in [-0.2, -0.15) is 0 Å². The summed E-state index contributed by atoms with van der Waals surface area (Å²) in [5, 5.41) is 3.61. The van der Waals surface area contributed by atoms with Crippen LogP contribution in [0.2, 0.25) is 0 Å². The zero-order valence-electron chi connectivity index (χ0n) is 11.5. The van der Waals surface area contributed by atoms with Crippen molar-refractivity contribution in [1.29, 1.82) is 0 Å². The van der Waals surface area contributed by atoms with Crippen LogP contribution in [-0.4, -0.2) is 26.8 Å². The molecule has 98 valence electrons. The minimum absolute atomic E-state index is 0.739. The fourth-order valence-electron chi connectivity index (χ4n) is 5.21. The molecule has 6 atom stereocenters. The van der Waals surface area contributed by atoms with Gasteiger partial charge in [0.25, 0.3) is 0 Å². The lowest BCUT2D eigenvalue weighted by Crippen LogP contribution is -2.36. The molecule has 3 aliphatic rings. The lowest BCUT2D eigenvalue weighted by molar-refractivity contribution is 0.164. The number of nitrogens with one attached hydrogen (secondary N) is 1. The van der Waals surface area contributed by atoms with Crippen molar-refractivity contribution in [2.45, 2.75) is 38.6 Å². The molecule has 6 unspecified atom stereocenters. The van der Waals surface area contributed by atoms with E-state index in [-0.39, 0.29) is 0 Å². The van der Waals surface area contributed by atoms with Crippen LogP contribution in [0, 0.1) is 35.5 Å². The monoisotopic (exact) mass is 237 g/mol. The number of methoxy groups -OCH3 is 1. The van der Waals surface area contributed by atoms with Crippen molar-refractivity contribution >= 4 is 0 Å².